The van der Waals surface area contributed by atoms with Crippen LogP contribution in [-0.2, 0) is 11.3 Å². The highest BCUT2D eigenvalue weighted by Gasteiger charge is 2.68. The third-order valence-electron chi connectivity index (χ3n) is 5.22. The number of anilines is 1. The second kappa shape index (κ2) is 4.26. The number of benzene rings is 1. The summed E-state index contributed by atoms with van der Waals surface area (Å²) in [6.45, 7) is 11.2. The first-order valence-corrected chi connectivity index (χ1v) is 6.81. The lowest BCUT2D eigenvalue weighted by Crippen LogP contribution is -2.27. The predicted octanol–water partition coefficient (Wildman–Crippen LogP) is 2.88. The third-order valence-corrected chi connectivity index (χ3v) is 5.22. The van der Waals surface area contributed by atoms with Crippen molar-refractivity contribution in [1.82, 2.24) is 5.32 Å². The molecule has 0 aliphatic heterocycles. The minimum atomic E-state index is 0.0852. The van der Waals surface area contributed by atoms with Crippen molar-refractivity contribution >= 4 is 11.6 Å². The van der Waals surface area contributed by atoms with Crippen LogP contribution in [0.3, 0.4) is 0 Å². The van der Waals surface area contributed by atoms with Crippen molar-refractivity contribution in [3.05, 3.63) is 29.3 Å². The molecule has 0 heterocycles. The first kappa shape index (κ1) is 13.9. The molecule has 1 aliphatic carbocycles. The summed E-state index contributed by atoms with van der Waals surface area (Å²) in [6.07, 6.45) is 0. The Bertz CT molecular complexity index is 503. The van der Waals surface area contributed by atoms with Crippen LogP contribution in [0.4, 0.5) is 5.69 Å². The summed E-state index contributed by atoms with van der Waals surface area (Å²) in [6, 6.07) is 5.82. The van der Waals surface area contributed by atoms with Crippen molar-refractivity contribution in [3.8, 4) is 0 Å². The summed E-state index contributed by atoms with van der Waals surface area (Å²) in [4.78, 5) is 12.3. The van der Waals surface area contributed by atoms with Crippen LogP contribution in [0.25, 0.3) is 0 Å². The second-order valence-electron chi connectivity index (χ2n) is 6.73. The fraction of sp³-hybridized carbons (Fsp3) is 0.562. The van der Waals surface area contributed by atoms with E-state index in [4.69, 9.17) is 5.73 Å². The Labute approximate surface area is 115 Å². The molecule has 0 atom stereocenters. The number of hydrogen-bond donors (Lipinski definition) is 2. The van der Waals surface area contributed by atoms with E-state index in [-0.39, 0.29) is 22.7 Å². The highest BCUT2D eigenvalue weighted by molar-refractivity contribution is 5.84. The quantitative estimate of drug-likeness (QED) is 0.821. The lowest BCUT2D eigenvalue weighted by atomic mass is 10.0. The molecule has 104 valence electrons. The summed E-state index contributed by atoms with van der Waals surface area (Å²) in [5.74, 6) is 0.248. The maximum Gasteiger partial charge on any atom is 0.224 e. The monoisotopic (exact) mass is 260 g/mol. The molecular weight excluding hydrogens is 236 g/mol. The molecule has 0 unspecified atom stereocenters. The molecule has 1 fully saturated rings. The van der Waals surface area contributed by atoms with Crippen LogP contribution in [0.2, 0.25) is 0 Å². The standard InChI is InChI=1S/C16H24N2O/c1-10-11(7-6-8-12(10)17)9-18-14(19)13-15(2,3)16(13,4)5/h6-8,13H,9,17H2,1-5H3,(H,18,19). The minimum absolute atomic E-state index is 0.0852. The second-order valence-corrected chi connectivity index (χ2v) is 6.73. The molecule has 0 saturated heterocycles. The van der Waals surface area contributed by atoms with E-state index in [0.717, 1.165) is 16.8 Å². The number of rotatable bonds is 3. The minimum Gasteiger partial charge on any atom is -0.399 e. The van der Waals surface area contributed by atoms with Gasteiger partial charge < -0.3 is 11.1 Å². The van der Waals surface area contributed by atoms with Crippen LogP contribution >= 0.6 is 0 Å². The van der Waals surface area contributed by atoms with Gasteiger partial charge in [-0.2, -0.15) is 0 Å². The maximum atomic E-state index is 12.3. The van der Waals surface area contributed by atoms with Crippen molar-refractivity contribution < 1.29 is 4.79 Å². The summed E-state index contributed by atoms with van der Waals surface area (Å²) in [5, 5.41) is 3.05. The lowest BCUT2D eigenvalue weighted by Gasteiger charge is -2.10. The predicted molar refractivity (Wildman–Crippen MR) is 78.5 cm³/mol. The van der Waals surface area contributed by atoms with E-state index in [2.05, 4.69) is 33.0 Å². The molecule has 0 bridgehead atoms. The van der Waals surface area contributed by atoms with Crippen molar-refractivity contribution in [2.45, 2.75) is 41.2 Å². The molecule has 1 aromatic rings. The molecule has 0 radical (unpaired) electrons. The van der Waals surface area contributed by atoms with Gasteiger partial charge in [0.2, 0.25) is 5.91 Å². The van der Waals surface area contributed by atoms with Gasteiger partial charge in [0.15, 0.2) is 0 Å². The molecule has 19 heavy (non-hydrogen) atoms. The van der Waals surface area contributed by atoms with Crippen LogP contribution in [0.1, 0.15) is 38.8 Å². The van der Waals surface area contributed by atoms with Gasteiger partial charge in [0, 0.05) is 18.2 Å². The Morgan fingerprint density at radius 3 is 2.37 bits per heavy atom. The number of nitrogens with one attached hydrogen (secondary N) is 1. The maximum absolute atomic E-state index is 12.3. The van der Waals surface area contributed by atoms with Crippen molar-refractivity contribution in [1.29, 1.82) is 0 Å². The topological polar surface area (TPSA) is 55.1 Å². The molecule has 3 nitrogen and oxygen atoms in total. The van der Waals surface area contributed by atoms with E-state index in [9.17, 15) is 4.79 Å². The zero-order valence-corrected chi connectivity index (χ0v) is 12.5. The van der Waals surface area contributed by atoms with Crippen LogP contribution in [0, 0.1) is 23.7 Å². The number of hydrogen-bond acceptors (Lipinski definition) is 2. The zero-order chi connectivity index (χ0) is 14.4. The highest BCUT2D eigenvalue weighted by atomic mass is 16.2. The molecule has 1 aromatic carbocycles. The number of nitrogens with two attached hydrogens (primary N) is 1. The average molecular weight is 260 g/mol. The van der Waals surface area contributed by atoms with E-state index < -0.39 is 0 Å². The summed E-state index contributed by atoms with van der Waals surface area (Å²) in [7, 11) is 0. The lowest BCUT2D eigenvalue weighted by molar-refractivity contribution is -0.123. The van der Waals surface area contributed by atoms with Gasteiger partial charge in [-0.3, -0.25) is 4.79 Å². The Morgan fingerprint density at radius 1 is 1.26 bits per heavy atom. The van der Waals surface area contributed by atoms with Crippen LogP contribution in [-0.4, -0.2) is 5.91 Å². The van der Waals surface area contributed by atoms with Gasteiger partial charge in [-0.15, -0.1) is 0 Å². The van der Waals surface area contributed by atoms with E-state index in [0.29, 0.717) is 6.54 Å². The SMILES string of the molecule is Cc1c(N)cccc1CNC(=O)C1C(C)(C)C1(C)C. The molecular formula is C16H24N2O. The first-order chi connectivity index (χ1) is 8.69. The van der Waals surface area contributed by atoms with Crippen molar-refractivity contribution in [2.24, 2.45) is 16.7 Å². The van der Waals surface area contributed by atoms with Crippen molar-refractivity contribution in [3.63, 3.8) is 0 Å². The van der Waals surface area contributed by atoms with E-state index in [1.807, 2.05) is 25.1 Å². The Kier molecular flexibility index (Phi) is 3.12. The number of carbonyl (C=O) groups excluding carboxylic acids is 1. The van der Waals surface area contributed by atoms with Gasteiger partial charge in [-0.1, -0.05) is 39.8 Å². The smallest absolute Gasteiger partial charge is 0.224 e. The van der Waals surface area contributed by atoms with Gasteiger partial charge in [0.1, 0.15) is 0 Å². The highest BCUT2D eigenvalue weighted by Crippen LogP contribution is 2.68. The third kappa shape index (κ3) is 2.11. The Hall–Kier alpha value is -1.51. The fourth-order valence-electron chi connectivity index (χ4n) is 3.03. The van der Waals surface area contributed by atoms with Crippen molar-refractivity contribution in [2.75, 3.05) is 5.73 Å². The molecule has 3 heteroatoms. The number of nitrogen functional groups attached to an aromatic ring is 1. The largest absolute Gasteiger partial charge is 0.399 e. The molecule has 1 aliphatic rings. The zero-order valence-electron chi connectivity index (χ0n) is 12.5. The summed E-state index contributed by atoms with van der Waals surface area (Å²) >= 11 is 0. The van der Waals surface area contributed by atoms with E-state index in [1.165, 1.54) is 0 Å². The summed E-state index contributed by atoms with van der Waals surface area (Å²) in [5.41, 5.74) is 8.96. The number of carbonyl (C=O) groups is 1. The molecule has 3 N–H and O–H groups in total. The molecule has 0 spiro atoms. The van der Waals surface area contributed by atoms with Crippen LogP contribution in [0.15, 0.2) is 18.2 Å². The Balaban J connectivity index is 2.01. The Morgan fingerprint density at radius 2 is 1.84 bits per heavy atom. The number of amides is 1. The normalized spacial score (nSPS) is 20.1. The van der Waals surface area contributed by atoms with Gasteiger partial charge in [0.05, 0.1) is 0 Å². The fourth-order valence-corrected chi connectivity index (χ4v) is 3.03. The van der Waals surface area contributed by atoms with Gasteiger partial charge >= 0.3 is 0 Å². The van der Waals surface area contributed by atoms with Crippen LogP contribution < -0.4 is 11.1 Å². The van der Waals surface area contributed by atoms with Gasteiger partial charge in [-0.05, 0) is 34.9 Å². The van der Waals surface area contributed by atoms with Crippen LogP contribution in [0.5, 0.6) is 0 Å². The van der Waals surface area contributed by atoms with E-state index in [1.54, 1.807) is 0 Å². The first-order valence-electron chi connectivity index (χ1n) is 6.81. The molecule has 1 amide bonds. The molecule has 2 rings (SSSR count). The van der Waals surface area contributed by atoms with Gasteiger partial charge in [0.25, 0.3) is 0 Å². The van der Waals surface area contributed by atoms with E-state index >= 15 is 0 Å². The molecule has 1 saturated carbocycles. The molecule has 0 aromatic heterocycles. The average Bonchev–Trinajstić information content (AvgIpc) is 2.71. The summed E-state index contributed by atoms with van der Waals surface area (Å²) < 4.78 is 0. The van der Waals surface area contributed by atoms with Gasteiger partial charge in [-0.25, -0.2) is 0 Å².